The first-order valence-corrected chi connectivity index (χ1v) is 7.25. The predicted octanol–water partition coefficient (Wildman–Crippen LogP) is 0.659. The molecule has 6 nitrogen and oxygen atoms in total. The maximum Gasteiger partial charge on any atom is 0.134 e. The summed E-state index contributed by atoms with van der Waals surface area (Å²) in [4.78, 5) is 13.0. The molecule has 2 N–H and O–H groups in total. The van der Waals surface area contributed by atoms with Gasteiger partial charge in [-0.15, -0.1) is 0 Å². The van der Waals surface area contributed by atoms with Gasteiger partial charge in [0.2, 0.25) is 0 Å². The quantitative estimate of drug-likeness (QED) is 0.797. The van der Waals surface area contributed by atoms with E-state index < -0.39 is 0 Å². The molecule has 0 bridgehead atoms. The van der Waals surface area contributed by atoms with Crippen LogP contribution >= 0.6 is 0 Å². The van der Waals surface area contributed by atoms with Crippen molar-refractivity contribution >= 4 is 11.6 Å². The van der Waals surface area contributed by atoms with E-state index >= 15 is 0 Å². The number of nitrogens with zero attached hydrogens (tertiary/aromatic N) is 4. The van der Waals surface area contributed by atoms with E-state index in [4.69, 9.17) is 0 Å². The lowest BCUT2D eigenvalue weighted by molar-refractivity contribution is 0.208. The Hall–Kier alpha value is -1.40. The summed E-state index contributed by atoms with van der Waals surface area (Å²) in [6.45, 7) is 3.98. The van der Waals surface area contributed by atoms with Crippen LogP contribution in [0.4, 0.5) is 11.6 Å². The van der Waals surface area contributed by atoms with Gasteiger partial charge in [0.25, 0.3) is 0 Å². The molecule has 0 aliphatic carbocycles. The number of hydrogen-bond donors (Lipinski definition) is 2. The number of hydrogen-bond acceptors (Lipinski definition) is 6. The Morgan fingerprint density at radius 3 is 3.05 bits per heavy atom. The van der Waals surface area contributed by atoms with Crippen LogP contribution in [-0.4, -0.2) is 66.9 Å². The van der Waals surface area contributed by atoms with E-state index in [1.54, 1.807) is 6.33 Å². The van der Waals surface area contributed by atoms with Crippen LogP contribution in [0, 0.1) is 5.92 Å². The molecule has 1 aromatic rings. The Bertz CT molecular complexity index is 412. The number of rotatable bonds is 6. The minimum absolute atomic E-state index is 0.259. The van der Waals surface area contributed by atoms with Gasteiger partial charge in [-0.25, -0.2) is 9.97 Å². The van der Waals surface area contributed by atoms with Crippen molar-refractivity contribution in [2.75, 3.05) is 57.1 Å². The molecule has 20 heavy (non-hydrogen) atoms. The standard InChI is InChI=1S/C14H25N5O/c1-18(2)7-5-15-13-8-14(17-11-16-13)19-6-3-4-12(9-19)10-20/h8,11-12,20H,3-7,9-10H2,1-2H3,(H,15,16,17). The van der Waals surface area contributed by atoms with Gasteiger partial charge in [-0.2, -0.15) is 0 Å². The van der Waals surface area contributed by atoms with Crippen molar-refractivity contribution in [1.29, 1.82) is 0 Å². The molecule has 1 saturated heterocycles. The van der Waals surface area contributed by atoms with E-state index in [1.165, 1.54) is 0 Å². The van der Waals surface area contributed by atoms with Gasteiger partial charge in [0.05, 0.1) is 0 Å². The molecule has 1 fully saturated rings. The van der Waals surface area contributed by atoms with Gasteiger partial charge in [-0.3, -0.25) is 0 Å². The molecule has 112 valence electrons. The normalized spacial score (nSPS) is 19.4. The summed E-state index contributed by atoms with van der Waals surface area (Å²) in [5.41, 5.74) is 0. The van der Waals surface area contributed by atoms with Crippen LogP contribution in [-0.2, 0) is 0 Å². The topological polar surface area (TPSA) is 64.5 Å². The van der Waals surface area contributed by atoms with Gasteiger partial charge in [-0.05, 0) is 32.9 Å². The van der Waals surface area contributed by atoms with Crippen molar-refractivity contribution in [3.8, 4) is 0 Å². The third-order valence-corrected chi connectivity index (χ3v) is 3.62. The molecule has 0 aromatic carbocycles. The van der Waals surface area contributed by atoms with Crippen molar-refractivity contribution in [1.82, 2.24) is 14.9 Å². The molecule has 0 radical (unpaired) electrons. The van der Waals surface area contributed by atoms with Gasteiger partial charge in [0.15, 0.2) is 0 Å². The van der Waals surface area contributed by atoms with Gasteiger partial charge in [0.1, 0.15) is 18.0 Å². The molecule has 1 aliphatic rings. The lowest BCUT2D eigenvalue weighted by Crippen LogP contribution is -2.37. The number of nitrogens with one attached hydrogen (secondary N) is 1. The summed E-state index contributed by atoms with van der Waals surface area (Å²) >= 11 is 0. The Kier molecular flexibility index (Phi) is 5.55. The maximum atomic E-state index is 9.30. The van der Waals surface area contributed by atoms with Crippen LogP contribution < -0.4 is 10.2 Å². The van der Waals surface area contributed by atoms with Gasteiger partial charge in [-0.1, -0.05) is 0 Å². The largest absolute Gasteiger partial charge is 0.396 e. The third kappa shape index (κ3) is 4.31. The summed E-state index contributed by atoms with van der Waals surface area (Å²) in [7, 11) is 4.10. The molecule has 0 saturated carbocycles. The van der Waals surface area contributed by atoms with Crippen LogP contribution in [0.15, 0.2) is 12.4 Å². The van der Waals surface area contributed by atoms with Crippen molar-refractivity contribution in [3.05, 3.63) is 12.4 Å². The molecular weight excluding hydrogens is 254 g/mol. The molecule has 6 heteroatoms. The van der Waals surface area contributed by atoms with E-state index in [1.807, 2.05) is 6.07 Å². The second-order valence-electron chi connectivity index (χ2n) is 5.63. The molecule has 0 spiro atoms. The maximum absolute atomic E-state index is 9.30. The summed E-state index contributed by atoms with van der Waals surface area (Å²) in [6, 6.07) is 2.00. The lowest BCUT2D eigenvalue weighted by Gasteiger charge is -2.32. The first-order valence-electron chi connectivity index (χ1n) is 7.25. The van der Waals surface area contributed by atoms with Crippen LogP contribution in [0.5, 0.6) is 0 Å². The first-order chi connectivity index (χ1) is 9.69. The zero-order chi connectivity index (χ0) is 14.4. The fourth-order valence-electron chi connectivity index (χ4n) is 2.45. The fourth-order valence-corrected chi connectivity index (χ4v) is 2.45. The number of aliphatic hydroxyl groups excluding tert-OH is 1. The summed E-state index contributed by atoms with van der Waals surface area (Å²) in [6.07, 6.45) is 3.82. The molecule has 1 atom stereocenters. The molecule has 1 aliphatic heterocycles. The van der Waals surface area contributed by atoms with Crippen molar-refractivity contribution in [2.24, 2.45) is 5.92 Å². The smallest absolute Gasteiger partial charge is 0.134 e. The van der Waals surface area contributed by atoms with Gasteiger partial charge >= 0.3 is 0 Å². The summed E-state index contributed by atoms with van der Waals surface area (Å²) in [5.74, 6) is 2.18. The summed E-state index contributed by atoms with van der Waals surface area (Å²) in [5, 5.41) is 12.6. The van der Waals surface area contributed by atoms with Crippen molar-refractivity contribution in [2.45, 2.75) is 12.8 Å². The molecule has 2 heterocycles. The van der Waals surface area contributed by atoms with Crippen LogP contribution in [0.25, 0.3) is 0 Å². The van der Waals surface area contributed by atoms with E-state index in [0.717, 1.165) is 50.7 Å². The van der Waals surface area contributed by atoms with Crippen LogP contribution in [0.1, 0.15) is 12.8 Å². The second kappa shape index (κ2) is 7.40. The fraction of sp³-hybridized carbons (Fsp3) is 0.714. The third-order valence-electron chi connectivity index (χ3n) is 3.62. The molecule has 0 amide bonds. The Balaban J connectivity index is 1.94. The zero-order valence-electron chi connectivity index (χ0n) is 12.4. The lowest BCUT2D eigenvalue weighted by atomic mass is 9.99. The van der Waals surface area contributed by atoms with Crippen molar-refractivity contribution in [3.63, 3.8) is 0 Å². The number of aromatic nitrogens is 2. The van der Waals surface area contributed by atoms with Gasteiger partial charge < -0.3 is 20.2 Å². The SMILES string of the molecule is CN(C)CCNc1cc(N2CCCC(CO)C2)ncn1. The first kappa shape index (κ1) is 15.0. The minimum atomic E-state index is 0.259. The highest BCUT2D eigenvalue weighted by molar-refractivity contribution is 5.48. The van der Waals surface area contributed by atoms with Gasteiger partial charge in [0, 0.05) is 38.9 Å². The molecular formula is C14H25N5O. The number of anilines is 2. The second-order valence-corrected chi connectivity index (χ2v) is 5.63. The zero-order valence-corrected chi connectivity index (χ0v) is 12.4. The van der Waals surface area contributed by atoms with E-state index in [-0.39, 0.29) is 6.61 Å². The number of aliphatic hydroxyl groups is 1. The van der Waals surface area contributed by atoms with Crippen LogP contribution in [0.3, 0.4) is 0 Å². The Morgan fingerprint density at radius 1 is 1.45 bits per heavy atom. The summed E-state index contributed by atoms with van der Waals surface area (Å²) < 4.78 is 0. The minimum Gasteiger partial charge on any atom is -0.396 e. The van der Waals surface area contributed by atoms with Crippen molar-refractivity contribution < 1.29 is 5.11 Å². The highest BCUT2D eigenvalue weighted by Gasteiger charge is 2.20. The Morgan fingerprint density at radius 2 is 2.30 bits per heavy atom. The average Bonchev–Trinajstić information content (AvgIpc) is 2.47. The highest BCUT2D eigenvalue weighted by Crippen LogP contribution is 2.22. The van der Waals surface area contributed by atoms with Crippen LogP contribution in [0.2, 0.25) is 0 Å². The number of likely N-dealkylation sites (N-methyl/N-ethyl adjacent to an activating group) is 1. The van der Waals surface area contributed by atoms with E-state index in [0.29, 0.717) is 5.92 Å². The molecule has 1 unspecified atom stereocenters. The molecule has 2 rings (SSSR count). The van der Waals surface area contributed by atoms with E-state index in [9.17, 15) is 5.11 Å². The monoisotopic (exact) mass is 279 g/mol. The average molecular weight is 279 g/mol. The predicted molar refractivity (Wildman–Crippen MR) is 81.1 cm³/mol. The highest BCUT2D eigenvalue weighted by atomic mass is 16.3. The number of piperidine rings is 1. The van der Waals surface area contributed by atoms with E-state index in [2.05, 4.69) is 39.2 Å². The Labute approximate surface area is 120 Å². The molecule has 1 aromatic heterocycles.